The van der Waals surface area contributed by atoms with Gasteiger partial charge in [-0.3, -0.25) is 14.9 Å². The van der Waals surface area contributed by atoms with Crippen LogP contribution in [0.25, 0.3) is 0 Å². The van der Waals surface area contributed by atoms with Gasteiger partial charge in [0.1, 0.15) is 0 Å². The van der Waals surface area contributed by atoms with Crippen molar-refractivity contribution in [2.45, 2.75) is 63.8 Å². The highest BCUT2D eigenvalue weighted by Crippen LogP contribution is 2.28. The average Bonchev–Trinajstić information content (AvgIpc) is 3.09. The zero-order valence-corrected chi connectivity index (χ0v) is 19.1. The van der Waals surface area contributed by atoms with Crippen molar-refractivity contribution in [2.24, 2.45) is 0 Å². The van der Waals surface area contributed by atoms with Gasteiger partial charge < -0.3 is 0 Å². The van der Waals surface area contributed by atoms with Gasteiger partial charge in [-0.2, -0.15) is 4.31 Å². The topological polar surface area (TPSA) is 96.4 Å². The Bertz CT molecular complexity index is 1020. The number of hydrogen-bond acceptors (Lipinski definition) is 6. The molecule has 1 aliphatic rings. The molecule has 0 saturated heterocycles. The van der Waals surface area contributed by atoms with Gasteiger partial charge in [-0.15, -0.1) is 0 Å². The lowest BCUT2D eigenvalue weighted by molar-refractivity contribution is 0.101. The van der Waals surface area contributed by atoms with Crippen molar-refractivity contribution in [3.63, 3.8) is 0 Å². The molecule has 1 N–H and O–H groups in total. The second-order valence-corrected chi connectivity index (χ2v) is 10.4. The third-order valence-electron chi connectivity index (χ3n) is 5.35. The standard InChI is InChI=1S/C21H27N3O4S2/c1-4-24(17-8-6-5-7-9-17)30(27,28)18-12-10-16(11-13-18)20(26)23-21-22-14(2)19(29-21)15(3)25/h10-13,17H,4-9H2,1-3H3,(H,22,23,26). The van der Waals surface area contributed by atoms with E-state index in [9.17, 15) is 18.0 Å². The Hall–Kier alpha value is -2.10. The normalized spacial score (nSPS) is 15.3. The van der Waals surface area contributed by atoms with E-state index in [0.717, 1.165) is 43.4 Å². The van der Waals surface area contributed by atoms with Crippen LogP contribution < -0.4 is 5.32 Å². The smallest absolute Gasteiger partial charge is 0.257 e. The molecule has 1 aliphatic carbocycles. The number of carbonyl (C=O) groups is 2. The Kier molecular flexibility index (Phi) is 7.05. The van der Waals surface area contributed by atoms with E-state index in [2.05, 4.69) is 10.3 Å². The second-order valence-electron chi connectivity index (χ2n) is 7.47. The van der Waals surface area contributed by atoms with Crippen molar-refractivity contribution in [2.75, 3.05) is 11.9 Å². The quantitative estimate of drug-likeness (QED) is 0.638. The lowest BCUT2D eigenvalue weighted by Crippen LogP contribution is -2.41. The van der Waals surface area contributed by atoms with Gasteiger partial charge in [0.15, 0.2) is 10.9 Å². The van der Waals surface area contributed by atoms with Crippen molar-refractivity contribution in [1.82, 2.24) is 9.29 Å². The lowest BCUT2D eigenvalue weighted by atomic mass is 9.95. The van der Waals surface area contributed by atoms with Gasteiger partial charge in [-0.1, -0.05) is 37.5 Å². The summed E-state index contributed by atoms with van der Waals surface area (Å²) in [6.45, 7) is 5.46. The molecule has 162 valence electrons. The van der Waals surface area contributed by atoms with Gasteiger partial charge in [0.25, 0.3) is 5.91 Å². The largest absolute Gasteiger partial charge is 0.298 e. The van der Waals surface area contributed by atoms with Crippen molar-refractivity contribution >= 4 is 38.2 Å². The molecule has 0 atom stereocenters. The number of sulfonamides is 1. The fourth-order valence-corrected chi connectivity index (χ4v) is 6.40. The molecule has 7 nitrogen and oxygen atoms in total. The third kappa shape index (κ3) is 4.79. The van der Waals surface area contributed by atoms with Crippen LogP contribution in [0.2, 0.25) is 0 Å². The molecule has 9 heteroatoms. The van der Waals surface area contributed by atoms with E-state index in [0.29, 0.717) is 27.8 Å². The van der Waals surface area contributed by atoms with Gasteiger partial charge in [0.2, 0.25) is 10.0 Å². The Morgan fingerprint density at radius 3 is 2.33 bits per heavy atom. The molecular weight excluding hydrogens is 422 g/mol. The molecule has 30 heavy (non-hydrogen) atoms. The number of aromatic nitrogens is 1. The van der Waals surface area contributed by atoms with E-state index < -0.39 is 15.9 Å². The fourth-order valence-electron chi connectivity index (χ4n) is 3.85. The molecule has 1 saturated carbocycles. The van der Waals surface area contributed by atoms with Crippen molar-refractivity contribution in [3.05, 3.63) is 40.4 Å². The molecule has 1 aromatic heterocycles. The molecule has 0 radical (unpaired) electrons. The number of aryl methyl sites for hydroxylation is 1. The Morgan fingerprint density at radius 2 is 1.80 bits per heavy atom. The van der Waals surface area contributed by atoms with E-state index in [1.54, 1.807) is 11.2 Å². The summed E-state index contributed by atoms with van der Waals surface area (Å²) in [5.41, 5.74) is 0.901. The maximum absolute atomic E-state index is 13.1. The van der Waals surface area contributed by atoms with E-state index in [1.165, 1.54) is 31.2 Å². The molecule has 1 amide bonds. The van der Waals surface area contributed by atoms with E-state index in [1.807, 2.05) is 6.92 Å². The Balaban J connectivity index is 1.75. The van der Waals surface area contributed by atoms with Gasteiger partial charge in [-0.05, 0) is 44.0 Å². The third-order valence-corrected chi connectivity index (χ3v) is 8.57. The van der Waals surface area contributed by atoms with Gasteiger partial charge >= 0.3 is 0 Å². The number of hydrogen-bond donors (Lipinski definition) is 1. The van der Waals surface area contributed by atoms with Crippen LogP contribution in [0.1, 0.15) is 71.7 Å². The Morgan fingerprint density at radius 1 is 1.17 bits per heavy atom. The first kappa shape index (κ1) is 22.6. The zero-order chi connectivity index (χ0) is 21.9. The number of amides is 1. The summed E-state index contributed by atoms with van der Waals surface area (Å²) in [5.74, 6) is -0.499. The van der Waals surface area contributed by atoms with Crippen LogP contribution in [0.15, 0.2) is 29.2 Å². The molecule has 0 bridgehead atoms. The summed E-state index contributed by atoms with van der Waals surface area (Å²) in [6.07, 6.45) is 5.05. The molecular formula is C21H27N3O4S2. The summed E-state index contributed by atoms with van der Waals surface area (Å²) in [7, 11) is -3.61. The van der Waals surface area contributed by atoms with E-state index >= 15 is 0 Å². The summed E-state index contributed by atoms with van der Waals surface area (Å²) in [6, 6.07) is 6.00. The van der Waals surface area contributed by atoms with Crippen molar-refractivity contribution in [1.29, 1.82) is 0 Å². The lowest BCUT2D eigenvalue weighted by Gasteiger charge is -2.32. The van der Waals surface area contributed by atoms with Gasteiger partial charge in [-0.25, -0.2) is 13.4 Å². The number of carbonyl (C=O) groups excluding carboxylic acids is 2. The number of anilines is 1. The minimum Gasteiger partial charge on any atom is -0.298 e. The molecule has 3 rings (SSSR count). The molecule has 0 unspecified atom stereocenters. The number of Topliss-reactive ketones (excluding diaryl/α,β-unsaturated/α-hetero) is 1. The SMILES string of the molecule is CCN(C1CCCCC1)S(=O)(=O)c1ccc(C(=O)Nc2nc(C)c(C(C)=O)s2)cc1. The van der Waals surface area contributed by atoms with Crippen molar-refractivity contribution in [3.8, 4) is 0 Å². The van der Waals surface area contributed by atoms with Crippen LogP contribution in [0.4, 0.5) is 5.13 Å². The highest BCUT2D eigenvalue weighted by Gasteiger charge is 2.31. The average molecular weight is 450 g/mol. The number of nitrogens with zero attached hydrogens (tertiary/aromatic N) is 2. The summed E-state index contributed by atoms with van der Waals surface area (Å²) >= 11 is 1.13. The summed E-state index contributed by atoms with van der Waals surface area (Å²) < 4.78 is 27.8. The number of nitrogens with one attached hydrogen (secondary N) is 1. The van der Waals surface area contributed by atoms with Crippen molar-refractivity contribution < 1.29 is 18.0 Å². The monoisotopic (exact) mass is 449 g/mol. The zero-order valence-electron chi connectivity index (χ0n) is 17.5. The van der Waals surface area contributed by atoms with Crippen LogP contribution in [0.3, 0.4) is 0 Å². The van der Waals surface area contributed by atoms with E-state index in [4.69, 9.17) is 0 Å². The predicted octanol–water partition coefficient (Wildman–Crippen LogP) is 4.25. The highest BCUT2D eigenvalue weighted by atomic mass is 32.2. The predicted molar refractivity (Wildman–Crippen MR) is 118 cm³/mol. The number of rotatable bonds is 7. The number of thiazole rings is 1. The first-order chi connectivity index (χ1) is 14.2. The fraction of sp³-hybridized carbons (Fsp3) is 0.476. The first-order valence-electron chi connectivity index (χ1n) is 10.2. The highest BCUT2D eigenvalue weighted by molar-refractivity contribution is 7.89. The molecule has 1 fully saturated rings. The summed E-state index contributed by atoms with van der Waals surface area (Å²) in [5, 5.41) is 3.02. The molecule has 1 aromatic carbocycles. The molecule has 0 spiro atoms. The first-order valence-corrected chi connectivity index (χ1v) is 12.4. The van der Waals surface area contributed by atoms with E-state index in [-0.39, 0.29) is 16.7 Å². The van der Waals surface area contributed by atoms with Gasteiger partial charge in [0, 0.05) is 25.1 Å². The second kappa shape index (κ2) is 9.36. The number of benzene rings is 1. The molecule has 2 aromatic rings. The maximum atomic E-state index is 13.1. The minimum absolute atomic E-state index is 0.0420. The van der Waals surface area contributed by atoms with Crippen LogP contribution in [0.5, 0.6) is 0 Å². The van der Waals surface area contributed by atoms with Gasteiger partial charge in [0.05, 0.1) is 15.5 Å². The molecule has 1 heterocycles. The Labute approximate surface area is 181 Å². The van der Waals surface area contributed by atoms with Crippen LogP contribution >= 0.6 is 11.3 Å². The van der Waals surface area contributed by atoms with Crippen LogP contribution in [0, 0.1) is 6.92 Å². The molecule has 0 aliphatic heterocycles. The van der Waals surface area contributed by atoms with Crippen LogP contribution in [-0.4, -0.2) is 42.0 Å². The number of ketones is 1. The summed E-state index contributed by atoms with van der Waals surface area (Å²) in [4.78, 5) is 29.0. The van der Waals surface area contributed by atoms with Crippen LogP contribution in [-0.2, 0) is 10.0 Å². The minimum atomic E-state index is -3.61. The maximum Gasteiger partial charge on any atom is 0.257 e.